The number of fused-ring (bicyclic) bond motifs is 3. The van der Waals surface area contributed by atoms with Crippen LogP contribution in [-0.4, -0.2) is 44.0 Å². The SMILES string of the molecule is C=C1CO[C@H]2[C@@H]1C[C@H](OC[C@@]13C[C@@H]4[C@H](C)CC[C@H]4[C@@]4(C=O)C[C@H]1C=C(C(C)C)[C@@]34C(=O)OCc1ccccc1)O[C@@H]2C. The van der Waals surface area contributed by atoms with Crippen LogP contribution in [0, 0.1) is 51.8 Å². The third-order valence-corrected chi connectivity index (χ3v) is 12.5. The Balaban J connectivity index is 1.29. The van der Waals surface area contributed by atoms with E-state index in [2.05, 4.69) is 33.4 Å². The van der Waals surface area contributed by atoms with Gasteiger partial charge in [-0.15, -0.1) is 0 Å². The van der Waals surface area contributed by atoms with Gasteiger partial charge in [0.1, 0.15) is 18.3 Å². The van der Waals surface area contributed by atoms with Gasteiger partial charge in [0.25, 0.3) is 0 Å². The lowest BCUT2D eigenvalue weighted by Gasteiger charge is -2.59. The molecule has 2 aliphatic heterocycles. The van der Waals surface area contributed by atoms with Crippen molar-refractivity contribution in [2.45, 2.75) is 84.9 Å². The fourth-order valence-corrected chi connectivity index (χ4v) is 10.8. The Labute approximate surface area is 250 Å². The van der Waals surface area contributed by atoms with Crippen molar-refractivity contribution in [3.8, 4) is 0 Å². The fourth-order valence-electron chi connectivity index (χ4n) is 10.8. The van der Waals surface area contributed by atoms with Gasteiger partial charge in [-0.25, -0.2) is 0 Å². The van der Waals surface area contributed by atoms with E-state index in [0.717, 1.165) is 36.0 Å². The van der Waals surface area contributed by atoms with Crippen LogP contribution in [0.2, 0.25) is 0 Å². The van der Waals surface area contributed by atoms with Crippen LogP contribution in [-0.2, 0) is 35.1 Å². The van der Waals surface area contributed by atoms with E-state index in [1.807, 2.05) is 37.3 Å². The maximum Gasteiger partial charge on any atom is 0.318 e. The molecule has 2 saturated heterocycles. The number of benzene rings is 1. The molecule has 0 unspecified atom stereocenters. The summed E-state index contributed by atoms with van der Waals surface area (Å²) in [6.07, 6.45) is 7.40. The smallest absolute Gasteiger partial charge is 0.318 e. The summed E-state index contributed by atoms with van der Waals surface area (Å²) in [5.41, 5.74) is 0.771. The van der Waals surface area contributed by atoms with Crippen molar-refractivity contribution in [3.63, 3.8) is 0 Å². The maximum absolute atomic E-state index is 14.9. The Morgan fingerprint density at radius 1 is 1.17 bits per heavy atom. The molecule has 6 heteroatoms. The molecule has 0 aromatic heterocycles. The topological polar surface area (TPSA) is 71.1 Å². The third kappa shape index (κ3) is 3.67. The average molecular weight is 575 g/mol. The summed E-state index contributed by atoms with van der Waals surface area (Å²) in [4.78, 5) is 28.6. The van der Waals surface area contributed by atoms with Gasteiger partial charge in [-0.1, -0.05) is 75.8 Å². The van der Waals surface area contributed by atoms with E-state index in [9.17, 15) is 9.59 Å². The van der Waals surface area contributed by atoms with Crippen LogP contribution < -0.4 is 0 Å². The van der Waals surface area contributed by atoms with Crippen molar-refractivity contribution >= 4 is 12.3 Å². The molecule has 4 bridgehead atoms. The lowest BCUT2D eigenvalue weighted by Crippen LogP contribution is -2.64. The summed E-state index contributed by atoms with van der Waals surface area (Å²) in [7, 11) is 0. The highest BCUT2D eigenvalue weighted by molar-refractivity contribution is 5.91. The van der Waals surface area contributed by atoms with Gasteiger partial charge in [-0.3, -0.25) is 4.79 Å². The normalized spacial score (nSPS) is 45.1. The molecule has 4 aliphatic carbocycles. The first-order valence-electron chi connectivity index (χ1n) is 16.1. The minimum absolute atomic E-state index is 0.0178. The summed E-state index contributed by atoms with van der Waals surface area (Å²) in [6.45, 7) is 14.1. The number of carbonyl (C=O) groups excluding carboxylic acids is 2. The number of aldehydes is 1. The molecule has 7 rings (SSSR count). The van der Waals surface area contributed by atoms with Gasteiger partial charge in [0.2, 0.25) is 0 Å². The predicted octanol–water partition coefficient (Wildman–Crippen LogP) is 6.29. The second-order valence-corrected chi connectivity index (χ2v) is 14.6. The molecule has 5 fully saturated rings. The number of carbonyl (C=O) groups is 2. The van der Waals surface area contributed by atoms with E-state index in [0.29, 0.717) is 37.9 Å². The highest BCUT2D eigenvalue weighted by atomic mass is 16.7. The number of ether oxygens (including phenoxy) is 4. The molecule has 42 heavy (non-hydrogen) atoms. The van der Waals surface area contributed by atoms with E-state index in [1.54, 1.807) is 0 Å². The molecule has 0 N–H and O–H groups in total. The van der Waals surface area contributed by atoms with E-state index < -0.39 is 22.5 Å². The number of hydrogen-bond donors (Lipinski definition) is 0. The highest BCUT2D eigenvalue weighted by Gasteiger charge is 2.84. The second kappa shape index (κ2) is 10.1. The fraction of sp³-hybridized carbons (Fsp3) is 0.667. The van der Waals surface area contributed by atoms with E-state index in [1.165, 1.54) is 6.29 Å². The minimum atomic E-state index is -1.04. The predicted molar refractivity (Wildman–Crippen MR) is 158 cm³/mol. The zero-order chi connectivity index (χ0) is 29.4. The van der Waals surface area contributed by atoms with Crippen LogP contribution in [0.15, 0.2) is 54.1 Å². The lowest BCUT2D eigenvalue weighted by molar-refractivity contribution is -0.249. The number of esters is 1. The van der Waals surface area contributed by atoms with Crippen LogP contribution >= 0.6 is 0 Å². The van der Waals surface area contributed by atoms with Crippen molar-refractivity contribution < 1.29 is 28.5 Å². The standard InChI is InChI=1S/C36H46O6/c1-21(2)30-13-26-15-34(19-37)29-12-11-22(3)28(29)16-35(26,36(30,34)33(38)40-18-25-9-7-6-8-10-25)20-41-31-14-27-23(4)17-39-32(27)24(5)42-31/h6-10,13,19,21-22,24,26-29,31-32H,4,11-12,14-18,20H2,1-3,5H3/t22-,24-,26-,27-,28-,29-,31-,32-,34+,35+,36+/m1/s1. The monoisotopic (exact) mass is 574 g/mol. The van der Waals surface area contributed by atoms with Crippen LogP contribution in [0.3, 0.4) is 0 Å². The summed E-state index contributed by atoms with van der Waals surface area (Å²) < 4.78 is 25.5. The van der Waals surface area contributed by atoms with Crippen LogP contribution in [0.1, 0.15) is 65.4 Å². The van der Waals surface area contributed by atoms with Gasteiger partial charge in [-0.2, -0.15) is 0 Å². The molecule has 226 valence electrons. The molecule has 0 spiro atoms. The number of hydrogen-bond acceptors (Lipinski definition) is 6. The van der Waals surface area contributed by atoms with Crippen LogP contribution in [0.25, 0.3) is 0 Å². The molecular formula is C36H46O6. The minimum Gasteiger partial charge on any atom is -0.460 e. The zero-order valence-corrected chi connectivity index (χ0v) is 25.6. The van der Waals surface area contributed by atoms with Crippen LogP contribution in [0.5, 0.6) is 0 Å². The van der Waals surface area contributed by atoms with Gasteiger partial charge < -0.3 is 23.7 Å². The van der Waals surface area contributed by atoms with Gasteiger partial charge in [-0.05, 0) is 66.9 Å². The quantitative estimate of drug-likeness (QED) is 0.206. The van der Waals surface area contributed by atoms with Gasteiger partial charge in [0, 0.05) is 17.8 Å². The van der Waals surface area contributed by atoms with Crippen molar-refractivity contribution in [2.24, 2.45) is 51.8 Å². The summed E-state index contributed by atoms with van der Waals surface area (Å²) >= 11 is 0. The summed E-state index contributed by atoms with van der Waals surface area (Å²) in [5.74, 6) is 1.25. The van der Waals surface area contributed by atoms with E-state index >= 15 is 0 Å². The lowest BCUT2D eigenvalue weighted by atomic mass is 9.43. The van der Waals surface area contributed by atoms with Crippen molar-refractivity contribution in [1.29, 1.82) is 0 Å². The Bertz CT molecular complexity index is 1290. The van der Waals surface area contributed by atoms with Crippen molar-refractivity contribution in [1.82, 2.24) is 0 Å². The van der Waals surface area contributed by atoms with Crippen molar-refractivity contribution in [3.05, 3.63) is 59.7 Å². The molecule has 1 aromatic rings. The highest BCUT2D eigenvalue weighted by Crippen LogP contribution is 2.83. The third-order valence-electron chi connectivity index (χ3n) is 12.5. The van der Waals surface area contributed by atoms with E-state index in [-0.39, 0.29) is 48.5 Å². The Hall–Kier alpha value is -2.28. The second-order valence-electron chi connectivity index (χ2n) is 14.6. The molecule has 6 aliphatic rings. The number of allylic oxidation sites excluding steroid dienone is 1. The maximum atomic E-state index is 14.9. The molecule has 3 saturated carbocycles. The molecule has 0 amide bonds. The molecular weight excluding hydrogens is 528 g/mol. The van der Waals surface area contributed by atoms with Gasteiger partial charge in [0.05, 0.1) is 30.8 Å². The van der Waals surface area contributed by atoms with Crippen molar-refractivity contribution in [2.75, 3.05) is 13.2 Å². The molecule has 6 nitrogen and oxygen atoms in total. The largest absolute Gasteiger partial charge is 0.460 e. The van der Waals surface area contributed by atoms with Gasteiger partial charge in [0.15, 0.2) is 6.29 Å². The molecule has 0 radical (unpaired) electrons. The molecule has 11 atom stereocenters. The molecule has 1 aromatic carbocycles. The number of rotatable bonds is 8. The summed E-state index contributed by atoms with van der Waals surface area (Å²) in [6, 6.07) is 9.85. The average Bonchev–Trinajstić information content (AvgIpc) is 3.68. The first-order chi connectivity index (χ1) is 20.2. The Morgan fingerprint density at radius 2 is 1.95 bits per heavy atom. The van der Waals surface area contributed by atoms with E-state index in [4.69, 9.17) is 18.9 Å². The van der Waals surface area contributed by atoms with Gasteiger partial charge >= 0.3 is 5.97 Å². The zero-order valence-electron chi connectivity index (χ0n) is 25.6. The van der Waals surface area contributed by atoms with Crippen LogP contribution in [0.4, 0.5) is 0 Å². The summed E-state index contributed by atoms with van der Waals surface area (Å²) in [5, 5.41) is 0. The first-order valence-corrected chi connectivity index (χ1v) is 16.1. The Morgan fingerprint density at radius 3 is 2.69 bits per heavy atom. The Kier molecular flexibility index (Phi) is 6.88. The molecule has 2 heterocycles. The first kappa shape index (κ1) is 28.5.